The van der Waals surface area contributed by atoms with Crippen LogP contribution in [0.15, 0.2) is 61.1 Å². The molecule has 0 amide bonds. The highest BCUT2D eigenvalue weighted by Crippen LogP contribution is 2.19. The molecule has 0 aliphatic rings. The van der Waals surface area contributed by atoms with Crippen LogP contribution in [0.2, 0.25) is 0 Å². The standard InChI is InChI=1S/C20H20N6/c1-2-15-6-8-16(9-7-15)10-12-22-19-13-18(17-5-3-4-11-21-17)25-20-23-14-24-26(19)20/h3-9,11,13-14,22H,2,10,12H2,1H3. The number of hydrogen-bond acceptors (Lipinski definition) is 5. The second-order valence-electron chi connectivity index (χ2n) is 6.06. The summed E-state index contributed by atoms with van der Waals surface area (Å²) in [4.78, 5) is 13.1. The molecule has 26 heavy (non-hydrogen) atoms. The highest BCUT2D eigenvalue weighted by molar-refractivity contribution is 5.61. The van der Waals surface area contributed by atoms with E-state index in [1.807, 2.05) is 24.3 Å². The Labute approximate surface area is 152 Å². The van der Waals surface area contributed by atoms with Crippen LogP contribution in [0.25, 0.3) is 17.2 Å². The fourth-order valence-electron chi connectivity index (χ4n) is 2.86. The number of hydrogen-bond donors (Lipinski definition) is 1. The molecule has 3 aromatic heterocycles. The van der Waals surface area contributed by atoms with Gasteiger partial charge in [-0.3, -0.25) is 4.98 Å². The van der Waals surface area contributed by atoms with Crippen LogP contribution < -0.4 is 5.32 Å². The van der Waals surface area contributed by atoms with Crippen molar-refractivity contribution in [1.29, 1.82) is 0 Å². The molecule has 0 radical (unpaired) electrons. The topological polar surface area (TPSA) is 68.0 Å². The van der Waals surface area contributed by atoms with Gasteiger partial charge in [0.2, 0.25) is 0 Å². The van der Waals surface area contributed by atoms with Crippen LogP contribution in [0, 0.1) is 0 Å². The van der Waals surface area contributed by atoms with Crippen LogP contribution in [-0.4, -0.2) is 31.1 Å². The summed E-state index contributed by atoms with van der Waals surface area (Å²) in [5.41, 5.74) is 4.26. The van der Waals surface area contributed by atoms with Crippen molar-refractivity contribution in [3.05, 3.63) is 72.2 Å². The van der Waals surface area contributed by atoms with E-state index >= 15 is 0 Å². The number of rotatable bonds is 6. The van der Waals surface area contributed by atoms with Crippen molar-refractivity contribution in [3.63, 3.8) is 0 Å². The van der Waals surface area contributed by atoms with Crippen molar-refractivity contribution in [2.75, 3.05) is 11.9 Å². The number of nitrogens with zero attached hydrogens (tertiary/aromatic N) is 5. The Morgan fingerprint density at radius 2 is 1.81 bits per heavy atom. The molecule has 130 valence electrons. The molecule has 0 fully saturated rings. The number of anilines is 1. The van der Waals surface area contributed by atoms with E-state index in [2.05, 4.69) is 56.6 Å². The Bertz CT molecular complexity index is 992. The minimum absolute atomic E-state index is 0.558. The predicted octanol–water partition coefficient (Wildman–Crippen LogP) is 3.40. The molecule has 0 saturated carbocycles. The van der Waals surface area contributed by atoms with Crippen LogP contribution in [-0.2, 0) is 12.8 Å². The lowest BCUT2D eigenvalue weighted by Gasteiger charge is -2.10. The van der Waals surface area contributed by atoms with E-state index in [9.17, 15) is 0 Å². The van der Waals surface area contributed by atoms with Gasteiger partial charge in [-0.05, 0) is 36.1 Å². The summed E-state index contributed by atoms with van der Waals surface area (Å²) in [6.07, 6.45) is 5.27. The van der Waals surface area contributed by atoms with E-state index in [1.54, 1.807) is 10.7 Å². The first-order valence-electron chi connectivity index (χ1n) is 8.77. The SMILES string of the molecule is CCc1ccc(CCNc2cc(-c3ccccn3)nc3ncnn23)cc1. The van der Waals surface area contributed by atoms with E-state index < -0.39 is 0 Å². The van der Waals surface area contributed by atoms with Gasteiger partial charge in [-0.1, -0.05) is 37.3 Å². The molecule has 1 N–H and O–H groups in total. The Balaban J connectivity index is 1.54. The lowest BCUT2D eigenvalue weighted by molar-refractivity contribution is 0.913. The monoisotopic (exact) mass is 344 g/mol. The molecule has 0 aliphatic carbocycles. The van der Waals surface area contributed by atoms with Gasteiger partial charge in [-0.25, -0.2) is 4.98 Å². The maximum Gasteiger partial charge on any atom is 0.254 e. The second-order valence-corrected chi connectivity index (χ2v) is 6.06. The first-order valence-corrected chi connectivity index (χ1v) is 8.77. The largest absolute Gasteiger partial charge is 0.370 e. The van der Waals surface area contributed by atoms with E-state index in [0.29, 0.717) is 5.78 Å². The summed E-state index contributed by atoms with van der Waals surface area (Å²) in [7, 11) is 0. The average molecular weight is 344 g/mol. The Morgan fingerprint density at radius 1 is 0.962 bits per heavy atom. The molecular formula is C20H20N6. The fraction of sp³-hybridized carbons (Fsp3) is 0.200. The normalized spacial score (nSPS) is 11.0. The lowest BCUT2D eigenvalue weighted by atomic mass is 10.1. The van der Waals surface area contributed by atoms with Crippen LogP contribution in [0.4, 0.5) is 5.82 Å². The summed E-state index contributed by atoms with van der Waals surface area (Å²) in [6.45, 7) is 2.97. The highest BCUT2D eigenvalue weighted by Gasteiger charge is 2.09. The van der Waals surface area contributed by atoms with Crippen molar-refractivity contribution in [1.82, 2.24) is 24.6 Å². The molecule has 3 heterocycles. The predicted molar refractivity (Wildman–Crippen MR) is 102 cm³/mol. The summed E-state index contributed by atoms with van der Waals surface area (Å²) >= 11 is 0. The molecule has 6 heteroatoms. The third-order valence-electron chi connectivity index (χ3n) is 4.33. The van der Waals surface area contributed by atoms with Gasteiger partial charge in [0.05, 0.1) is 11.4 Å². The molecule has 0 saturated heterocycles. The van der Waals surface area contributed by atoms with E-state index in [0.717, 1.165) is 36.6 Å². The van der Waals surface area contributed by atoms with Gasteiger partial charge >= 0.3 is 0 Å². The summed E-state index contributed by atoms with van der Waals surface area (Å²) in [5, 5.41) is 7.72. The number of aryl methyl sites for hydroxylation is 1. The third kappa shape index (κ3) is 3.39. The smallest absolute Gasteiger partial charge is 0.254 e. The van der Waals surface area contributed by atoms with Crippen molar-refractivity contribution in [2.24, 2.45) is 0 Å². The first-order chi connectivity index (χ1) is 12.8. The summed E-state index contributed by atoms with van der Waals surface area (Å²) < 4.78 is 1.71. The van der Waals surface area contributed by atoms with Gasteiger partial charge in [0, 0.05) is 18.8 Å². The number of nitrogens with one attached hydrogen (secondary N) is 1. The third-order valence-corrected chi connectivity index (χ3v) is 4.33. The Kier molecular flexibility index (Phi) is 4.55. The van der Waals surface area contributed by atoms with E-state index in [4.69, 9.17) is 0 Å². The summed E-state index contributed by atoms with van der Waals surface area (Å²) in [6, 6.07) is 16.5. The fourth-order valence-corrected chi connectivity index (χ4v) is 2.86. The van der Waals surface area contributed by atoms with Gasteiger partial charge in [0.1, 0.15) is 12.1 Å². The highest BCUT2D eigenvalue weighted by atomic mass is 15.3. The van der Waals surface area contributed by atoms with Crippen LogP contribution in [0.5, 0.6) is 0 Å². The molecule has 0 aliphatic heterocycles. The minimum Gasteiger partial charge on any atom is -0.370 e. The van der Waals surface area contributed by atoms with E-state index in [1.165, 1.54) is 17.5 Å². The van der Waals surface area contributed by atoms with Gasteiger partial charge < -0.3 is 5.32 Å². The molecule has 0 bridgehead atoms. The second kappa shape index (κ2) is 7.31. The molecule has 0 spiro atoms. The molecule has 4 rings (SSSR count). The van der Waals surface area contributed by atoms with Crippen LogP contribution in [0.3, 0.4) is 0 Å². The minimum atomic E-state index is 0.558. The first kappa shape index (κ1) is 16.2. The maximum atomic E-state index is 4.54. The van der Waals surface area contributed by atoms with Gasteiger partial charge in [-0.15, -0.1) is 0 Å². The zero-order valence-corrected chi connectivity index (χ0v) is 14.6. The van der Waals surface area contributed by atoms with Gasteiger partial charge in [-0.2, -0.15) is 14.6 Å². The van der Waals surface area contributed by atoms with E-state index in [-0.39, 0.29) is 0 Å². The molecular weight excluding hydrogens is 324 g/mol. The van der Waals surface area contributed by atoms with Crippen molar-refractivity contribution in [2.45, 2.75) is 19.8 Å². The Morgan fingerprint density at radius 3 is 2.58 bits per heavy atom. The molecule has 6 nitrogen and oxygen atoms in total. The summed E-state index contributed by atoms with van der Waals surface area (Å²) in [5.74, 6) is 1.42. The lowest BCUT2D eigenvalue weighted by Crippen LogP contribution is -2.10. The zero-order chi connectivity index (χ0) is 17.8. The number of benzene rings is 1. The number of pyridine rings is 1. The molecule has 1 aromatic carbocycles. The quantitative estimate of drug-likeness (QED) is 0.580. The van der Waals surface area contributed by atoms with Crippen LogP contribution in [0.1, 0.15) is 18.1 Å². The number of aromatic nitrogens is 5. The molecule has 0 atom stereocenters. The molecule has 4 aromatic rings. The Hall–Kier alpha value is -3.28. The molecule has 0 unspecified atom stereocenters. The van der Waals surface area contributed by atoms with Crippen molar-refractivity contribution in [3.8, 4) is 11.4 Å². The average Bonchev–Trinajstić information content (AvgIpc) is 3.18. The van der Waals surface area contributed by atoms with Crippen LogP contribution >= 0.6 is 0 Å². The van der Waals surface area contributed by atoms with Crippen molar-refractivity contribution < 1.29 is 0 Å². The van der Waals surface area contributed by atoms with Gasteiger partial charge in [0.15, 0.2) is 0 Å². The van der Waals surface area contributed by atoms with Crippen molar-refractivity contribution >= 4 is 11.6 Å². The van der Waals surface area contributed by atoms with Gasteiger partial charge in [0.25, 0.3) is 5.78 Å². The zero-order valence-electron chi connectivity index (χ0n) is 14.6. The maximum absolute atomic E-state index is 4.54. The number of fused-ring (bicyclic) bond motifs is 1.